The number of ether oxygens (including phenoxy) is 3. The fourth-order valence-electron chi connectivity index (χ4n) is 2.16. The maximum atomic E-state index is 12.2. The predicted molar refractivity (Wildman–Crippen MR) is 103 cm³/mol. The SMILES string of the molecule is COc1ccc(Cl)cc1NC(=O)/C=C/c1cc(Br)c(OC)c(OC)c1. The van der Waals surface area contributed by atoms with Gasteiger partial charge >= 0.3 is 0 Å². The number of nitrogens with one attached hydrogen (secondary N) is 1. The predicted octanol–water partition coefficient (Wildman–Crippen LogP) is 4.78. The van der Waals surface area contributed by atoms with E-state index in [1.165, 1.54) is 13.2 Å². The van der Waals surface area contributed by atoms with Crippen LogP contribution in [0.25, 0.3) is 6.08 Å². The Bertz CT molecular complexity index is 808. The third kappa shape index (κ3) is 4.90. The number of carbonyl (C=O) groups excluding carboxylic acids is 1. The summed E-state index contributed by atoms with van der Waals surface area (Å²) in [5.41, 5.74) is 1.27. The van der Waals surface area contributed by atoms with Gasteiger partial charge in [0.1, 0.15) is 5.75 Å². The van der Waals surface area contributed by atoms with E-state index in [9.17, 15) is 4.79 Å². The molecule has 0 fully saturated rings. The summed E-state index contributed by atoms with van der Waals surface area (Å²) in [6, 6.07) is 8.59. The molecule has 0 saturated heterocycles. The monoisotopic (exact) mass is 425 g/mol. The summed E-state index contributed by atoms with van der Waals surface area (Å²) < 4.78 is 16.5. The lowest BCUT2D eigenvalue weighted by Gasteiger charge is -2.10. The van der Waals surface area contributed by atoms with Crippen molar-refractivity contribution in [3.8, 4) is 17.2 Å². The molecule has 5 nitrogen and oxygen atoms in total. The molecule has 7 heteroatoms. The van der Waals surface area contributed by atoms with Gasteiger partial charge in [0.15, 0.2) is 11.5 Å². The van der Waals surface area contributed by atoms with Crippen molar-refractivity contribution in [2.24, 2.45) is 0 Å². The van der Waals surface area contributed by atoms with Crippen molar-refractivity contribution in [2.75, 3.05) is 26.6 Å². The topological polar surface area (TPSA) is 56.8 Å². The van der Waals surface area contributed by atoms with Gasteiger partial charge in [-0.25, -0.2) is 0 Å². The molecular weight excluding hydrogens is 410 g/mol. The Morgan fingerprint density at radius 1 is 1.08 bits per heavy atom. The lowest BCUT2D eigenvalue weighted by Crippen LogP contribution is -2.08. The molecule has 0 spiro atoms. The molecule has 0 aliphatic heterocycles. The van der Waals surface area contributed by atoms with E-state index in [0.29, 0.717) is 28.0 Å². The zero-order chi connectivity index (χ0) is 18.4. The van der Waals surface area contributed by atoms with Crippen molar-refractivity contribution in [1.82, 2.24) is 0 Å². The first-order valence-corrected chi connectivity index (χ1v) is 8.39. The van der Waals surface area contributed by atoms with Crippen molar-refractivity contribution >= 4 is 45.2 Å². The number of halogens is 2. The summed E-state index contributed by atoms with van der Waals surface area (Å²) in [6.07, 6.45) is 3.08. The zero-order valence-corrected chi connectivity index (χ0v) is 16.3. The van der Waals surface area contributed by atoms with E-state index in [0.717, 1.165) is 10.0 Å². The maximum absolute atomic E-state index is 12.2. The molecule has 0 atom stereocenters. The van der Waals surface area contributed by atoms with Crippen LogP contribution in [-0.2, 0) is 4.79 Å². The normalized spacial score (nSPS) is 10.6. The number of benzene rings is 2. The summed E-state index contributed by atoms with van der Waals surface area (Å²) in [7, 11) is 4.63. The van der Waals surface area contributed by atoms with Gasteiger partial charge in [0.2, 0.25) is 5.91 Å². The van der Waals surface area contributed by atoms with Crippen LogP contribution >= 0.6 is 27.5 Å². The minimum atomic E-state index is -0.313. The summed E-state index contributed by atoms with van der Waals surface area (Å²) in [6.45, 7) is 0. The molecule has 0 saturated carbocycles. The van der Waals surface area contributed by atoms with Gasteiger partial charge in [-0.2, -0.15) is 0 Å². The van der Waals surface area contributed by atoms with Crippen LogP contribution in [0.1, 0.15) is 5.56 Å². The van der Waals surface area contributed by atoms with Gasteiger partial charge < -0.3 is 19.5 Å². The molecule has 2 aromatic carbocycles. The number of anilines is 1. The molecule has 0 aliphatic rings. The van der Waals surface area contributed by atoms with Gasteiger partial charge in [-0.1, -0.05) is 11.6 Å². The van der Waals surface area contributed by atoms with Crippen molar-refractivity contribution in [2.45, 2.75) is 0 Å². The Hall–Kier alpha value is -2.18. The molecule has 2 rings (SSSR count). The van der Waals surface area contributed by atoms with Crippen LogP contribution in [0.3, 0.4) is 0 Å². The maximum Gasteiger partial charge on any atom is 0.248 e. The summed E-state index contributed by atoms with van der Waals surface area (Å²) in [5, 5.41) is 3.24. The van der Waals surface area contributed by atoms with E-state index in [2.05, 4.69) is 21.2 Å². The highest BCUT2D eigenvalue weighted by Gasteiger charge is 2.10. The van der Waals surface area contributed by atoms with Gasteiger partial charge in [-0.3, -0.25) is 4.79 Å². The number of hydrogen-bond donors (Lipinski definition) is 1. The second kappa shape index (κ2) is 8.78. The van der Waals surface area contributed by atoms with Crippen LogP contribution in [0.2, 0.25) is 5.02 Å². The molecule has 1 amide bonds. The third-order valence-electron chi connectivity index (χ3n) is 3.30. The Labute approximate surface area is 159 Å². The van der Waals surface area contributed by atoms with Gasteiger partial charge in [0, 0.05) is 11.1 Å². The van der Waals surface area contributed by atoms with E-state index in [1.54, 1.807) is 44.6 Å². The first-order valence-electron chi connectivity index (χ1n) is 7.22. The lowest BCUT2D eigenvalue weighted by atomic mass is 10.2. The molecule has 1 N–H and O–H groups in total. The Kier molecular flexibility index (Phi) is 6.73. The van der Waals surface area contributed by atoms with Crippen LogP contribution in [0, 0.1) is 0 Å². The fraction of sp³-hybridized carbons (Fsp3) is 0.167. The molecule has 0 aromatic heterocycles. The average Bonchev–Trinajstić information content (AvgIpc) is 2.59. The number of hydrogen-bond acceptors (Lipinski definition) is 4. The average molecular weight is 427 g/mol. The van der Waals surface area contributed by atoms with E-state index in [4.69, 9.17) is 25.8 Å². The van der Waals surface area contributed by atoms with E-state index >= 15 is 0 Å². The molecule has 0 unspecified atom stereocenters. The molecular formula is C18H17BrClNO4. The molecule has 0 radical (unpaired) electrons. The zero-order valence-electron chi connectivity index (χ0n) is 13.9. The van der Waals surface area contributed by atoms with E-state index in [1.807, 2.05) is 6.07 Å². The number of rotatable bonds is 6. The molecule has 132 valence electrons. The van der Waals surface area contributed by atoms with Gasteiger partial charge in [0.25, 0.3) is 0 Å². The van der Waals surface area contributed by atoms with Crippen molar-refractivity contribution < 1.29 is 19.0 Å². The van der Waals surface area contributed by atoms with Gasteiger partial charge in [0.05, 0.1) is 31.5 Å². The first kappa shape index (κ1) is 19.1. The fourth-order valence-corrected chi connectivity index (χ4v) is 2.95. The lowest BCUT2D eigenvalue weighted by molar-refractivity contribution is -0.111. The Morgan fingerprint density at radius 2 is 1.80 bits per heavy atom. The number of amides is 1. The summed E-state index contributed by atoms with van der Waals surface area (Å²) in [4.78, 5) is 12.2. The smallest absolute Gasteiger partial charge is 0.248 e. The summed E-state index contributed by atoms with van der Waals surface area (Å²) in [5.74, 6) is 1.37. The largest absolute Gasteiger partial charge is 0.495 e. The van der Waals surface area contributed by atoms with Crippen LogP contribution in [0.4, 0.5) is 5.69 Å². The van der Waals surface area contributed by atoms with Gasteiger partial charge in [-0.05, 0) is 57.9 Å². The van der Waals surface area contributed by atoms with Gasteiger partial charge in [-0.15, -0.1) is 0 Å². The highest BCUT2D eigenvalue weighted by molar-refractivity contribution is 9.10. The van der Waals surface area contributed by atoms with Crippen LogP contribution in [0.5, 0.6) is 17.2 Å². The van der Waals surface area contributed by atoms with E-state index in [-0.39, 0.29) is 5.91 Å². The van der Waals surface area contributed by atoms with Crippen LogP contribution in [-0.4, -0.2) is 27.2 Å². The highest BCUT2D eigenvalue weighted by atomic mass is 79.9. The molecule has 0 heterocycles. The van der Waals surface area contributed by atoms with E-state index < -0.39 is 0 Å². The first-order chi connectivity index (χ1) is 12.0. The quantitative estimate of drug-likeness (QED) is 0.675. The third-order valence-corrected chi connectivity index (χ3v) is 4.13. The highest BCUT2D eigenvalue weighted by Crippen LogP contribution is 2.36. The number of carbonyl (C=O) groups is 1. The molecule has 0 bridgehead atoms. The summed E-state index contributed by atoms with van der Waals surface area (Å²) >= 11 is 9.37. The second-order valence-corrected chi connectivity index (χ2v) is 6.20. The molecule has 2 aromatic rings. The van der Waals surface area contributed by atoms with Crippen molar-refractivity contribution in [1.29, 1.82) is 0 Å². The standard InChI is InChI=1S/C18H17BrClNO4/c1-23-15-6-5-12(20)10-14(15)21-17(22)7-4-11-8-13(19)18(25-3)16(9-11)24-2/h4-10H,1-3H3,(H,21,22)/b7-4+. The Morgan fingerprint density at radius 3 is 2.44 bits per heavy atom. The van der Waals surface area contributed by atoms with Crippen LogP contribution in [0.15, 0.2) is 40.9 Å². The number of methoxy groups -OCH3 is 3. The minimum Gasteiger partial charge on any atom is -0.495 e. The van der Waals surface area contributed by atoms with Crippen molar-refractivity contribution in [3.05, 3.63) is 51.5 Å². The Balaban J connectivity index is 2.18. The molecule has 25 heavy (non-hydrogen) atoms. The minimum absolute atomic E-state index is 0.313. The van der Waals surface area contributed by atoms with Crippen LogP contribution < -0.4 is 19.5 Å². The second-order valence-electron chi connectivity index (χ2n) is 4.91. The molecule has 0 aliphatic carbocycles. The van der Waals surface area contributed by atoms with Crippen molar-refractivity contribution in [3.63, 3.8) is 0 Å².